The molecule has 0 fully saturated rings. The van der Waals surface area contributed by atoms with Crippen molar-refractivity contribution in [1.29, 1.82) is 0 Å². The fourth-order valence-electron chi connectivity index (χ4n) is 1.68. The molecule has 1 aromatic heterocycles. The van der Waals surface area contributed by atoms with Crippen LogP contribution in [0, 0.1) is 0 Å². The summed E-state index contributed by atoms with van der Waals surface area (Å²) in [5, 5.41) is 1.04. The van der Waals surface area contributed by atoms with E-state index in [4.69, 9.17) is 5.73 Å². The Morgan fingerprint density at radius 1 is 1.31 bits per heavy atom. The lowest BCUT2D eigenvalue weighted by Crippen LogP contribution is -2.10. The summed E-state index contributed by atoms with van der Waals surface area (Å²) in [4.78, 5) is 0. The standard InChI is InChI=1S/C11H14N2O2S/c1-16(14,15)7-6-13-5-4-9-8-10(12)2-3-11(9)13/h2-5,8H,6-7,12H2,1H3. The lowest BCUT2D eigenvalue weighted by Gasteiger charge is -2.04. The Balaban J connectivity index is 2.32. The van der Waals surface area contributed by atoms with E-state index < -0.39 is 9.84 Å². The first-order chi connectivity index (χ1) is 7.46. The molecule has 0 bridgehead atoms. The van der Waals surface area contributed by atoms with Crippen molar-refractivity contribution in [2.24, 2.45) is 0 Å². The summed E-state index contributed by atoms with van der Waals surface area (Å²) in [7, 11) is -2.92. The van der Waals surface area contributed by atoms with Crippen molar-refractivity contribution >= 4 is 26.4 Å². The second kappa shape index (κ2) is 3.83. The minimum Gasteiger partial charge on any atom is -0.399 e. The van der Waals surface area contributed by atoms with Gasteiger partial charge in [0.1, 0.15) is 9.84 Å². The molecule has 1 heterocycles. The molecule has 16 heavy (non-hydrogen) atoms. The molecule has 2 aromatic rings. The van der Waals surface area contributed by atoms with E-state index in [0.29, 0.717) is 12.2 Å². The largest absolute Gasteiger partial charge is 0.399 e. The summed E-state index contributed by atoms with van der Waals surface area (Å²) >= 11 is 0. The number of aromatic nitrogens is 1. The highest BCUT2D eigenvalue weighted by Gasteiger charge is 2.05. The second-order valence-electron chi connectivity index (χ2n) is 3.96. The summed E-state index contributed by atoms with van der Waals surface area (Å²) in [5.74, 6) is 0.154. The van der Waals surface area contributed by atoms with Gasteiger partial charge in [-0.15, -0.1) is 0 Å². The maximum Gasteiger partial charge on any atom is 0.149 e. The van der Waals surface area contributed by atoms with Crippen molar-refractivity contribution in [3.63, 3.8) is 0 Å². The van der Waals surface area contributed by atoms with Crippen LogP contribution in [0.3, 0.4) is 0 Å². The van der Waals surface area contributed by atoms with Crippen LogP contribution in [0.1, 0.15) is 0 Å². The zero-order chi connectivity index (χ0) is 11.8. The number of aryl methyl sites for hydroxylation is 1. The highest BCUT2D eigenvalue weighted by molar-refractivity contribution is 7.90. The molecule has 0 radical (unpaired) electrons. The molecule has 2 rings (SSSR count). The topological polar surface area (TPSA) is 65.1 Å². The number of sulfone groups is 1. The van der Waals surface area contributed by atoms with Crippen LogP contribution in [-0.4, -0.2) is 25.0 Å². The predicted molar refractivity (Wildman–Crippen MR) is 66.1 cm³/mol. The lowest BCUT2D eigenvalue weighted by atomic mass is 10.2. The van der Waals surface area contributed by atoms with Crippen LogP contribution in [0.25, 0.3) is 10.9 Å². The number of nitrogens with two attached hydrogens (primary N) is 1. The molecule has 0 aliphatic carbocycles. The number of anilines is 1. The normalized spacial score (nSPS) is 12.1. The van der Waals surface area contributed by atoms with Gasteiger partial charge in [-0.3, -0.25) is 0 Å². The summed E-state index contributed by atoms with van der Waals surface area (Å²) in [5.41, 5.74) is 7.40. The average Bonchev–Trinajstić information content (AvgIpc) is 2.56. The first-order valence-electron chi connectivity index (χ1n) is 4.98. The van der Waals surface area contributed by atoms with Crippen molar-refractivity contribution in [3.05, 3.63) is 30.5 Å². The summed E-state index contributed by atoms with van der Waals surface area (Å²) in [6, 6.07) is 7.55. The third-order valence-corrected chi connectivity index (χ3v) is 3.42. The van der Waals surface area contributed by atoms with Gasteiger partial charge in [0.15, 0.2) is 0 Å². The highest BCUT2D eigenvalue weighted by atomic mass is 32.2. The number of nitrogens with zero attached hydrogens (tertiary/aromatic N) is 1. The highest BCUT2D eigenvalue weighted by Crippen LogP contribution is 2.18. The number of rotatable bonds is 3. The zero-order valence-electron chi connectivity index (χ0n) is 9.05. The van der Waals surface area contributed by atoms with Gasteiger partial charge in [-0.1, -0.05) is 0 Å². The van der Waals surface area contributed by atoms with Gasteiger partial charge in [0.2, 0.25) is 0 Å². The molecule has 5 heteroatoms. The molecule has 1 aromatic carbocycles. The van der Waals surface area contributed by atoms with Crippen molar-refractivity contribution in [2.75, 3.05) is 17.7 Å². The Labute approximate surface area is 94.6 Å². The molecular weight excluding hydrogens is 224 g/mol. The Bertz CT molecular complexity index is 614. The summed E-state index contributed by atoms with van der Waals surface area (Å²) in [6.07, 6.45) is 3.13. The quantitative estimate of drug-likeness (QED) is 0.819. The van der Waals surface area contributed by atoms with Gasteiger partial charge in [-0.2, -0.15) is 0 Å². The van der Waals surface area contributed by atoms with Gasteiger partial charge in [0, 0.05) is 35.6 Å². The molecule has 4 nitrogen and oxygen atoms in total. The van der Waals surface area contributed by atoms with E-state index in [1.807, 2.05) is 35.0 Å². The number of hydrogen-bond acceptors (Lipinski definition) is 3. The Morgan fingerprint density at radius 3 is 2.75 bits per heavy atom. The first kappa shape index (κ1) is 11.0. The molecule has 86 valence electrons. The van der Waals surface area contributed by atoms with Crippen molar-refractivity contribution in [2.45, 2.75) is 6.54 Å². The number of fused-ring (bicyclic) bond motifs is 1. The fourth-order valence-corrected chi connectivity index (χ4v) is 2.21. The van der Waals surface area contributed by atoms with E-state index >= 15 is 0 Å². The van der Waals surface area contributed by atoms with Gasteiger partial charge in [0.25, 0.3) is 0 Å². The lowest BCUT2D eigenvalue weighted by molar-refractivity contribution is 0.596. The van der Waals surface area contributed by atoms with Crippen LogP contribution >= 0.6 is 0 Å². The molecule has 0 aliphatic rings. The van der Waals surface area contributed by atoms with Crippen molar-refractivity contribution < 1.29 is 8.42 Å². The molecule has 0 aliphatic heterocycles. The Morgan fingerprint density at radius 2 is 2.06 bits per heavy atom. The molecule has 0 amide bonds. The van der Waals surface area contributed by atoms with Crippen LogP contribution in [0.15, 0.2) is 30.5 Å². The molecule has 0 atom stereocenters. The molecule has 0 saturated heterocycles. The van der Waals surface area contributed by atoms with Crippen molar-refractivity contribution in [3.8, 4) is 0 Å². The second-order valence-corrected chi connectivity index (χ2v) is 6.22. The van der Waals surface area contributed by atoms with E-state index in [1.165, 1.54) is 6.26 Å². The molecule has 0 saturated carbocycles. The van der Waals surface area contributed by atoms with Gasteiger partial charge < -0.3 is 10.3 Å². The first-order valence-corrected chi connectivity index (χ1v) is 7.04. The van der Waals surface area contributed by atoms with E-state index in [1.54, 1.807) is 0 Å². The monoisotopic (exact) mass is 238 g/mol. The van der Waals surface area contributed by atoms with E-state index in [0.717, 1.165) is 10.9 Å². The third-order valence-electron chi connectivity index (χ3n) is 2.50. The van der Waals surface area contributed by atoms with E-state index in [2.05, 4.69) is 0 Å². The molecule has 2 N–H and O–H groups in total. The van der Waals surface area contributed by atoms with Crippen LogP contribution in [0.4, 0.5) is 5.69 Å². The van der Waals surface area contributed by atoms with Crippen LogP contribution in [0.5, 0.6) is 0 Å². The SMILES string of the molecule is CS(=O)(=O)CCn1ccc2cc(N)ccc21. The van der Waals surface area contributed by atoms with Crippen molar-refractivity contribution in [1.82, 2.24) is 4.57 Å². The number of benzene rings is 1. The van der Waals surface area contributed by atoms with Gasteiger partial charge in [-0.25, -0.2) is 8.42 Å². The van der Waals surface area contributed by atoms with E-state index in [9.17, 15) is 8.42 Å². The fraction of sp³-hybridized carbons (Fsp3) is 0.273. The predicted octanol–water partition coefficient (Wildman–Crippen LogP) is 1.27. The Kier molecular flexibility index (Phi) is 2.63. The van der Waals surface area contributed by atoms with E-state index in [-0.39, 0.29) is 5.75 Å². The van der Waals surface area contributed by atoms with Gasteiger partial charge >= 0.3 is 0 Å². The number of hydrogen-bond donors (Lipinski definition) is 1. The van der Waals surface area contributed by atoms with Crippen LogP contribution in [0.2, 0.25) is 0 Å². The third kappa shape index (κ3) is 2.36. The van der Waals surface area contributed by atoms with Crippen LogP contribution < -0.4 is 5.73 Å². The van der Waals surface area contributed by atoms with Crippen LogP contribution in [-0.2, 0) is 16.4 Å². The van der Waals surface area contributed by atoms with Gasteiger partial charge in [-0.05, 0) is 24.3 Å². The molecular formula is C11H14N2O2S. The summed E-state index contributed by atoms with van der Waals surface area (Å²) < 4.78 is 24.1. The smallest absolute Gasteiger partial charge is 0.149 e. The maximum absolute atomic E-state index is 11.1. The summed E-state index contributed by atoms with van der Waals surface area (Å²) in [6.45, 7) is 0.478. The minimum atomic E-state index is -2.92. The molecule has 0 spiro atoms. The zero-order valence-corrected chi connectivity index (χ0v) is 9.87. The average molecular weight is 238 g/mol. The van der Waals surface area contributed by atoms with Gasteiger partial charge in [0.05, 0.1) is 5.75 Å². The number of nitrogen functional groups attached to an aromatic ring is 1. The maximum atomic E-state index is 11.1. The Hall–Kier alpha value is -1.49. The molecule has 0 unspecified atom stereocenters. The minimum absolute atomic E-state index is 0.154.